The average molecular weight is 403 g/mol. The second-order valence-corrected chi connectivity index (χ2v) is 7.44. The van der Waals surface area contributed by atoms with E-state index in [4.69, 9.17) is 27.9 Å². The molecule has 0 saturated heterocycles. The average Bonchev–Trinajstić information content (AvgIpc) is 2.58. The van der Waals surface area contributed by atoms with E-state index in [0.717, 1.165) is 0 Å². The molecule has 2 aromatic carbocycles. The molecule has 0 aliphatic rings. The number of hydrogen-bond donors (Lipinski definition) is 2. The first-order valence-electron chi connectivity index (χ1n) is 7.23. The molecule has 25 heavy (non-hydrogen) atoms. The molecule has 2 aromatic rings. The predicted octanol–water partition coefficient (Wildman–Crippen LogP) is 4.15. The van der Waals surface area contributed by atoms with Crippen LogP contribution in [0, 0.1) is 0 Å². The molecule has 9 heteroatoms. The third-order valence-corrected chi connectivity index (χ3v) is 5.45. The van der Waals surface area contributed by atoms with Crippen molar-refractivity contribution in [2.45, 2.75) is 18.2 Å². The van der Waals surface area contributed by atoms with E-state index in [2.05, 4.69) is 10.0 Å². The predicted molar refractivity (Wildman–Crippen MR) is 99.2 cm³/mol. The van der Waals surface area contributed by atoms with Crippen LogP contribution in [0.15, 0.2) is 41.3 Å². The van der Waals surface area contributed by atoms with Crippen molar-refractivity contribution >= 4 is 50.5 Å². The van der Waals surface area contributed by atoms with Crippen LogP contribution in [-0.2, 0) is 14.8 Å². The molecule has 2 N–H and O–H groups in total. The van der Waals surface area contributed by atoms with E-state index in [1.165, 1.54) is 31.4 Å². The topological polar surface area (TPSA) is 84.5 Å². The summed E-state index contributed by atoms with van der Waals surface area (Å²) in [6, 6.07) is 8.75. The van der Waals surface area contributed by atoms with E-state index in [1.807, 2.05) is 0 Å². The lowest BCUT2D eigenvalue weighted by molar-refractivity contribution is -0.115. The maximum atomic E-state index is 12.6. The number of halogens is 2. The molecule has 0 aliphatic heterocycles. The quantitative estimate of drug-likeness (QED) is 0.759. The number of anilines is 2. The number of nitrogens with one attached hydrogen (secondary N) is 2. The fraction of sp³-hybridized carbons (Fsp3) is 0.188. The summed E-state index contributed by atoms with van der Waals surface area (Å²) in [5, 5.41) is 2.93. The summed E-state index contributed by atoms with van der Waals surface area (Å²) in [5.41, 5.74) is 0.415. The summed E-state index contributed by atoms with van der Waals surface area (Å²) >= 11 is 11.9. The molecule has 0 saturated carbocycles. The number of ether oxygens (including phenoxy) is 1. The zero-order valence-corrected chi connectivity index (χ0v) is 15.8. The molecule has 0 unspecified atom stereocenters. The Morgan fingerprint density at radius 3 is 2.52 bits per heavy atom. The molecule has 0 bridgehead atoms. The number of hydrogen-bond acceptors (Lipinski definition) is 4. The minimum absolute atomic E-state index is 0.0595. The molecular weight excluding hydrogens is 387 g/mol. The highest BCUT2D eigenvalue weighted by Crippen LogP contribution is 2.32. The van der Waals surface area contributed by atoms with Crippen LogP contribution in [0.5, 0.6) is 5.75 Å². The Hall–Kier alpha value is -1.96. The molecule has 6 nitrogen and oxygen atoms in total. The number of benzene rings is 2. The lowest BCUT2D eigenvalue weighted by Crippen LogP contribution is -2.15. The smallest absolute Gasteiger partial charge is 0.262 e. The van der Waals surface area contributed by atoms with Gasteiger partial charge in [0.25, 0.3) is 10.0 Å². The van der Waals surface area contributed by atoms with Crippen molar-refractivity contribution in [1.29, 1.82) is 0 Å². The third-order valence-electron chi connectivity index (χ3n) is 3.27. The van der Waals surface area contributed by atoms with Crippen molar-refractivity contribution in [3.63, 3.8) is 0 Å². The second kappa shape index (κ2) is 7.95. The first-order chi connectivity index (χ1) is 11.8. The number of sulfonamides is 1. The molecule has 134 valence electrons. The summed E-state index contributed by atoms with van der Waals surface area (Å²) in [7, 11) is -2.52. The molecule has 0 radical (unpaired) electrons. The van der Waals surface area contributed by atoms with Gasteiger partial charge in [0.2, 0.25) is 5.91 Å². The molecule has 0 heterocycles. The number of carbonyl (C=O) groups is 1. The summed E-state index contributed by atoms with van der Waals surface area (Å²) in [6.45, 7) is 1.69. The van der Waals surface area contributed by atoms with Crippen LogP contribution >= 0.6 is 23.2 Å². The number of carbonyl (C=O) groups excluding carboxylic acids is 1. The first kappa shape index (κ1) is 19.4. The Kier molecular flexibility index (Phi) is 6.16. The second-order valence-electron chi connectivity index (χ2n) is 4.97. The van der Waals surface area contributed by atoms with E-state index in [0.29, 0.717) is 5.75 Å². The largest absolute Gasteiger partial charge is 0.495 e. The molecule has 0 spiro atoms. The molecule has 0 fully saturated rings. The molecule has 0 aliphatic carbocycles. The van der Waals surface area contributed by atoms with E-state index >= 15 is 0 Å². The minimum Gasteiger partial charge on any atom is -0.495 e. The van der Waals surface area contributed by atoms with Crippen LogP contribution in [0.25, 0.3) is 0 Å². The Morgan fingerprint density at radius 1 is 1.16 bits per heavy atom. The Morgan fingerprint density at radius 2 is 1.88 bits per heavy atom. The maximum absolute atomic E-state index is 12.6. The van der Waals surface area contributed by atoms with Gasteiger partial charge in [-0.25, -0.2) is 8.42 Å². The van der Waals surface area contributed by atoms with Gasteiger partial charge in [0.1, 0.15) is 5.75 Å². The van der Waals surface area contributed by atoms with Crippen molar-refractivity contribution < 1.29 is 17.9 Å². The van der Waals surface area contributed by atoms with Crippen LogP contribution in [0.2, 0.25) is 10.0 Å². The van der Waals surface area contributed by atoms with E-state index in [1.54, 1.807) is 19.1 Å². The van der Waals surface area contributed by atoms with Crippen LogP contribution in [0.1, 0.15) is 13.3 Å². The molecule has 0 atom stereocenters. The van der Waals surface area contributed by atoms with Crippen LogP contribution < -0.4 is 14.8 Å². The van der Waals surface area contributed by atoms with E-state index < -0.39 is 10.0 Å². The van der Waals surface area contributed by atoms with Gasteiger partial charge < -0.3 is 10.1 Å². The first-order valence-corrected chi connectivity index (χ1v) is 9.47. The fourth-order valence-electron chi connectivity index (χ4n) is 1.98. The highest BCUT2D eigenvalue weighted by Gasteiger charge is 2.19. The highest BCUT2D eigenvalue weighted by molar-refractivity contribution is 7.92. The summed E-state index contributed by atoms with van der Waals surface area (Å²) in [4.78, 5) is 11.6. The number of rotatable bonds is 6. The van der Waals surface area contributed by atoms with Crippen LogP contribution in [-0.4, -0.2) is 21.4 Å². The van der Waals surface area contributed by atoms with Gasteiger partial charge in [-0.1, -0.05) is 36.2 Å². The fourth-order valence-corrected chi connectivity index (χ4v) is 3.48. The standard InChI is InChI=1S/C16H16Cl2N2O4S/c1-3-15(21)19-13-9-10(7-8-14(13)24-2)25(22,23)20-12-6-4-5-11(17)16(12)18/h4-9,20H,3H2,1-2H3,(H,19,21). The zero-order chi connectivity index (χ0) is 18.6. The SMILES string of the molecule is CCC(=O)Nc1cc(S(=O)(=O)Nc2cccc(Cl)c2Cl)ccc1OC. The van der Waals surface area contributed by atoms with Crippen molar-refractivity contribution in [3.8, 4) is 5.75 Å². The summed E-state index contributed by atoms with van der Waals surface area (Å²) < 4.78 is 32.7. The van der Waals surface area contributed by atoms with E-state index in [9.17, 15) is 13.2 Å². The normalized spacial score (nSPS) is 11.0. The van der Waals surface area contributed by atoms with Crippen molar-refractivity contribution in [2.75, 3.05) is 17.1 Å². The zero-order valence-electron chi connectivity index (χ0n) is 13.5. The van der Waals surface area contributed by atoms with Gasteiger partial charge in [0.05, 0.1) is 33.4 Å². The van der Waals surface area contributed by atoms with Crippen LogP contribution in [0.4, 0.5) is 11.4 Å². The summed E-state index contributed by atoms with van der Waals surface area (Å²) in [6.07, 6.45) is 0.247. The number of methoxy groups -OCH3 is 1. The molecule has 1 amide bonds. The highest BCUT2D eigenvalue weighted by atomic mass is 35.5. The van der Waals surface area contributed by atoms with Crippen molar-refractivity contribution in [1.82, 2.24) is 0 Å². The molecular formula is C16H16Cl2N2O4S. The van der Waals surface area contributed by atoms with Gasteiger partial charge in [0.15, 0.2) is 0 Å². The third kappa shape index (κ3) is 4.56. The molecule has 2 rings (SSSR count). The van der Waals surface area contributed by atoms with Crippen molar-refractivity contribution in [2.24, 2.45) is 0 Å². The van der Waals surface area contributed by atoms with E-state index in [-0.39, 0.29) is 38.6 Å². The van der Waals surface area contributed by atoms with Gasteiger partial charge in [-0.05, 0) is 30.3 Å². The summed E-state index contributed by atoms with van der Waals surface area (Å²) in [5.74, 6) is 0.0835. The maximum Gasteiger partial charge on any atom is 0.262 e. The van der Waals surface area contributed by atoms with Crippen LogP contribution in [0.3, 0.4) is 0 Å². The van der Waals surface area contributed by atoms with Crippen molar-refractivity contribution in [3.05, 3.63) is 46.4 Å². The molecule has 0 aromatic heterocycles. The van der Waals surface area contributed by atoms with Gasteiger partial charge in [-0.2, -0.15) is 0 Å². The Balaban J connectivity index is 2.40. The van der Waals surface area contributed by atoms with Gasteiger partial charge in [-0.15, -0.1) is 0 Å². The monoisotopic (exact) mass is 402 g/mol. The lowest BCUT2D eigenvalue weighted by Gasteiger charge is -2.14. The van der Waals surface area contributed by atoms with Gasteiger partial charge in [0, 0.05) is 6.42 Å². The number of amides is 1. The Labute approximate surface area is 156 Å². The minimum atomic E-state index is -3.94. The lowest BCUT2D eigenvalue weighted by atomic mass is 10.3. The Bertz CT molecular complexity index is 901. The van der Waals surface area contributed by atoms with Gasteiger partial charge >= 0.3 is 0 Å². The van der Waals surface area contributed by atoms with Gasteiger partial charge in [-0.3, -0.25) is 9.52 Å².